The van der Waals surface area contributed by atoms with Gasteiger partial charge < -0.3 is 9.88 Å². The Labute approximate surface area is 164 Å². The Balaban J connectivity index is 1.55. The van der Waals surface area contributed by atoms with E-state index < -0.39 is 0 Å². The molecule has 2 aromatic heterocycles. The Morgan fingerprint density at radius 3 is 2.89 bits per heavy atom. The molecule has 1 aliphatic heterocycles. The normalized spacial score (nSPS) is 23.4. The zero-order valence-corrected chi connectivity index (χ0v) is 16.3. The van der Waals surface area contributed by atoms with Crippen LogP contribution in [0.15, 0.2) is 10.9 Å². The fourth-order valence-corrected chi connectivity index (χ4v) is 5.42. The molecule has 0 saturated carbocycles. The number of rotatable bonds is 1. The first-order chi connectivity index (χ1) is 13.6. The van der Waals surface area contributed by atoms with Gasteiger partial charge in [-0.15, -0.1) is 0 Å². The van der Waals surface area contributed by atoms with E-state index in [0.29, 0.717) is 11.4 Å². The van der Waals surface area contributed by atoms with Crippen molar-refractivity contribution in [1.29, 1.82) is 5.26 Å². The Bertz CT molecular complexity index is 1050. The minimum Gasteiger partial charge on any atom is -0.355 e. The highest BCUT2D eigenvalue weighted by atomic mass is 16.1. The van der Waals surface area contributed by atoms with Gasteiger partial charge >= 0.3 is 0 Å². The molecule has 144 valence electrons. The summed E-state index contributed by atoms with van der Waals surface area (Å²) in [5.74, 6) is 1.52. The first-order valence-corrected chi connectivity index (χ1v) is 10.4. The third-order valence-electron chi connectivity index (χ3n) is 6.77. The number of hydrogen-bond donors (Lipinski definition) is 1. The standard InChI is InChI=1S/C22H25N5O/c1-14-24-19-17(21(28)25-14)7-9-22(19)8-4-10-27(13-22)20-16(12-23)11-15-5-2-3-6-18(15)26-20/h11H,2-10,13H2,1H3,(H,24,25,28). The highest BCUT2D eigenvalue weighted by molar-refractivity contribution is 5.57. The van der Waals surface area contributed by atoms with Gasteiger partial charge in [0.2, 0.25) is 0 Å². The third-order valence-corrected chi connectivity index (χ3v) is 6.77. The number of aryl methyl sites for hydroxylation is 3. The second kappa shape index (κ2) is 6.44. The van der Waals surface area contributed by atoms with Crippen LogP contribution < -0.4 is 10.5 Å². The van der Waals surface area contributed by atoms with Crippen LogP contribution in [0.1, 0.15) is 66.0 Å². The largest absolute Gasteiger partial charge is 0.355 e. The first-order valence-electron chi connectivity index (χ1n) is 10.4. The van der Waals surface area contributed by atoms with E-state index in [9.17, 15) is 10.1 Å². The van der Waals surface area contributed by atoms with E-state index in [1.165, 1.54) is 18.4 Å². The van der Waals surface area contributed by atoms with Crippen molar-refractivity contribution >= 4 is 5.82 Å². The van der Waals surface area contributed by atoms with Crippen molar-refractivity contribution in [2.24, 2.45) is 0 Å². The van der Waals surface area contributed by atoms with Gasteiger partial charge in [0.25, 0.3) is 5.56 Å². The second-order valence-corrected chi connectivity index (χ2v) is 8.57. The van der Waals surface area contributed by atoms with Crippen molar-refractivity contribution in [3.8, 4) is 6.07 Å². The van der Waals surface area contributed by atoms with Gasteiger partial charge in [-0.2, -0.15) is 5.26 Å². The second-order valence-electron chi connectivity index (χ2n) is 8.57. The van der Waals surface area contributed by atoms with Crippen LogP contribution in [-0.2, 0) is 24.7 Å². The SMILES string of the molecule is Cc1nc2c(c(=O)[nH]1)CCC21CCCN(c2nc3c(cc2C#N)CCCC3)C1. The van der Waals surface area contributed by atoms with Crippen molar-refractivity contribution in [2.75, 3.05) is 18.0 Å². The molecule has 1 unspecified atom stereocenters. The number of piperidine rings is 1. The van der Waals surface area contributed by atoms with Gasteiger partial charge in [0.1, 0.15) is 17.7 Å². The molecule has 0 bridgehead atoms. The summed E-state index contributed by atoms with van der Waals surface area (Å²) in [5, 5.41) is 9.76. The topological polar surface area (TPSA) is 85.7 Å². The fourth-order valence-electron chi connectivity index (χ4n) is 5.42. The number of aromatic amines is 1. The molecule has 1 atom stereocenters. The molecule has 0 radical (unpaired) electrons. The monoisotopic (exact) mass is 375 g/mol. The number of nitriles is 1. The molecule has 5 rings (SSSR count). The average Bonchev–Trinajstić information content (AvgIpc) is 3.05. The molecule has 3 heterocycles. The molecular formula is C22H25N5O. The Morgan fingerprint density at radius 1 is 1.18 bits per heavy atom. The van der Waals surface area contributed by atoms with Crippen molar-refractivity contribution in [3.05, 3.63) is 50.3 Å². The smallest absolute Gasteiger partial charge is 0.254 e. The maximum atomic E-state index is 12.4. The van der Waals surface area contributed by atoms with Crippen LogP contribution in [0.3, 0.4) is 0 Å². The van der Waals surface area contributed by atoms with Gasteiger partial charge in [-0.1, -0.05) is 0 Å². The molecule has 1 N–H and O–H groups in total. The highest BCUT2D eigenvalue weighted by Crippen LogP contribution is 2.44. The van der Waals surface area contributed by atoms with Crippen LogP contribution in [0.2, 0.25) is 0 Å². The lowest BCUT2D eigenvalue weighted by Crippen LogP contribution is -2.46. The van der Waals surface area contributed by atoms with Crippen molar-refractivity contribution in [2.45, 2.75) is 63.7 Å². The molecule has 6 heteroatoms. The lowest BCUT2D eigenvalue weighted by Gasteiger charge is -2.41. The van der Waals surface area contributed by atoms with Crippen molar-refractivity contribution in [3.63, 3.8) is 0 Å². The zero-order chi connectivity index (χ0) is 19.3. The maximum absolute atomic E-state index is 12.4. The Kier molecular flexibility index (Phi) is 4.01. The number of nitrogens with zero attached hydrogens (tertiary/aromatic N) is 4. The summed E-state index contributed by atoms with van der Waals surface area (Å²) >= 11 is 0. The molecule has 1 spiro atoms. The van der Waals surface area contributed by atoms with Gasteiger partial charge in [-0.25, -0.2) is 9.97 Å². The van der Waals surface area contributed by atoms with E-state index in [2.05, 4.69) is 22.0 Å². The molecule has 2 aliphatic carbocycles. The van der Waals surface area contributed by atoms with E-state index in [1.807, 2.05) is 6.92 Å². The van der Waals surface area contributed by atoms with Gasteiger partial charge in [0, 0.05) is 29.8 Å². The molecular weight excluding hydrogens is 350 g/mol. The summed E-state index contributed by atoms with van der Waals surface area (Å²) in [6, 6.07) is 4.45. The Morgan fingerprint density at radius 2 is 2.04 bits per heavy atom. The van der Waals surface area contributed by atoms with Crippen LogP contribution in [0.4, 0.5) is 5.82 Å². The van der Waals surface area contributed by atoms with E-state index in [1.54, 1.807) is 0 Å². The Hall–Kier alpha value is -2.68. The van der Waals surface area contributed by atoms with Crippen LogP contribution in [0.5, 0.6) is 0 Å². The molecule has 2 aromatic rings. The first kappa shape index (κ1) is 17.4. The van der Waals surface area contributed by atoms with Crippen molar-refractivity contribution < 1.29 is 0 Å². The number of hydrogen-bond acceptors (Lipinski definition) is 5. The summed E-state index contributed by atoms with van der Waals surface area (Å²) in [6.07, 6.45) is 8.19. The fraction of sp³-hybridized carbons (Fsp3) is 0.545. The summed E-state index contributed by atoms with van der Waals surface area (Å²) in [5.41, 5.74) is 4.84. The molecule has 1 saturated heterocycles. The zero-order valence-electron chi connectivity index (χ0n) is 16.3. The summed E-state index contributed by atoms with van der Waals surface area (Å²) < 4.78 is 0. The van der Waals surface area contributed by atoms with E-state index in [0.717, 1.165) is 74.4 Å². The number of anilines is 1. The molecule has 6 nitrogen and oxygen atoms in total. The molecule has 0 amide bonds. The summed E-state index contributed by atoms with van der Waals surface area (Å²) in [7, 11) is 0. The molecule has 0 aromatic carbocycles. The third kappa shape index (κ3) is 2.64. The van der Waals surface area contributed by atoms with Crippen LogP contribution >= 0.6 is 0 Å². The van der Waals surface area contributed by atoms with Gasteiger partial charge in [0.15, 0.2) is 0 Å². The summed E-state index contributed by atoms with van der Waals surface area (Å²) in [4.78, 5) is 27.3. The van der Waals surface area contributed by atoms with Crippen molar-refractivity contribution in [1.82, 2.24) is 15.0 Å². The quantitative estimate of drug-likeness (QED) is 0.828. The van der Waals surface area contributed by atoms with Crippen LogP contribution in [0.25, 0.3) is 0 Å². The van der Waals surface area contributed by atoms with E-state index >= 15 is 0 Å². The highest BCUT2D eigenvalue weighted by Gasteiger charge is 2.45. The minimum absolute atomic E-state index is 0.0149. The number of aromatic nitrogens is 3. The number of pyridine rings is 1. The molecule has 1 fully saturated rings. The van der Waals surface area contributed by atoms with Crippen LogP contribution in [0, 0.1) is 18.3 Å². The van der Waals surface area contributed by atoms with Gasteiger partial charge in [-0.3, -0.25) is 4.79 Å². The predicted molar refractivity (Wildman–Crippen MR) is 107 cm³/mol. The number of fused-ring (bicyclic) bond motifs is 3. The van der Waals surface area contributed by atoms with Gasteiger partial charge in [-0.05, 0) is 69.9 Å². The van der Waals surface area contributed by atoms with E-state index in [4.69, 9.17) is 9.97 Å². The van der Waals surface area contributed by atoms with Crippen LogP contribution in [-0.4, -0.2) is 28.0 Å². The number of H-pyrrole nitrogens is 1. The molecule has 28 heavy (non-hydrogen) atoms. The lowest BCUT2D eigenvalue weighted by atomic mass is 9.77. The maximum Gasteiger partial charge on any atom is 0.254 e. The minimum atomic E-state index is -0.100. The number of nitrogens with one attached hydrogen (secondary N) is 1. The molecule has 3 aliphatic rings. The lowest BCUT2D eigenvalue weighted by molar-refractivity contribution is 0.332. The average molecular weight is 375 g/mol. The summed E-state index contributed by atoms with van der Waals surface area (Å²) in [6.45, 7) is 3.54. The van der Waals surface area contributed by atoms with E-state index in [-0.39, 0.29) is 11.0 Å². The predicted octanol–water partition coefficient (Wildman–Crippen LogP) is 2.71. The van der Waals surface area contributed by atoms with Gasteiger partial charge in [0.05, 0.1) is 11.3 Å².